The Bertz CT molecular complexity index is 1290. The fourth-order valence-corrected chi connectivity index (χ4v) is 5.93. The monoisotopic (exact) mass is 493 g/mol. The number of carbonyl (C=O) groups excluding carboxylic acids is 1. The summed E-state index contributed by atoms with van der Waals surface area (Å²) in [5.74, 6) is 0.501. The summed E-state index contributed by atoms with van der Waals surface area (Å²) in [6, 6.07) is 21.4. The molecule has 1 N–H and O–H groups in total. The number of nitrogens with zero attached hydrogens (tertiary/aromatic N) is 2. The van der Waals surface area contributed by atoms with E-state index in [1.165, 1.54) is 16.4 Å². The van der Waals surface area contributed by atoms with Gasteiger partial charge in [-0.15, -0.1) is 0 Å². The van der Waals surface area contributed by atoms with Crippen LogP contribution in [0.3, 0.4) is 0 Å². The maximum atomic E-state index is 13.3. The molecule has 7 nitrogen and oxygen atoms in total. The highest BCUT2D eigenvalue weighted by atomic mass is 32.2. The smallest absolute Gasteiger partial charge is 0.264 e. The third-order valence-corrected chi connectivity index (χ3v) is 8.16. The van der Waals surface area contributed by atoms with Gasteiger partial charge in [-0.05, 0) is 80.5 Å². The van der Waals surface area contributed by atoms with E-state index in [1.807, 2.05) is 67.5 Å². The van der Waals surface area contributed by atoms with Crippen molar-refractivity contribution in [1.29, 1.82) is 0 Å². The molecule has 1 aliphatic heterocycles. The first-order valence-electron chi connectivity index (χ1n) is 11.6. The van der Waals surface area contributed by atoms with Gasteiger partial charge in [-0.2, -0.15) is 0 Å². The summed E-state index contributed by atoms with van der Waals surface area (Å²) in [4.78, 5) is 15.0. The molecule has 0 saturated carbocycles. The molecule has 1 heterocycles. The van der Waals surface area contributed by atoms with Gasteiger partial charge in [0.2, 0.25) is 0 Å². The molecule has 1 atom stereocenters. The Hall–Kier alpha value is -3.36. The number of rotatable bonds is 8. The van der Waals surface area contributed by atoms with E-state index in [2.05, 4.69) is 5.32 Å². The summed E-state index contributed by atoms with van der Waals surface area (Å²) in [5.41, 5.74) is 3.20. The molecule has 0 unspecified atom stereocenters. The number of methoxy groups -OCH3 is 1. The van der Waals surface area contributed by atoms with Crippen molar-refractivity contribution in [1.82, 2.24) is 10.2 Å². The average Bonchev–Trinajstić information content (AvgIpc) is 2.88. The largest absolute Gasteiger partial charge is 0.497 e. The van der Waals surface area contributed by atoms with Crippen LogP contribution in [-0.4, -0.2) is 53.5 Å². The molecule has 0 saturated heterocycles. The minimum atomic E-state index is -3.71. The molecule has 3 aromatic carbocycles. The van der Waals surface area contributed by atoms with E-state index < -0.39 is 10.0 Å². The van der Waals surface area contributed by atoms with Crippen LogP contribution in [0.1, 0.15) is 33.9 Å². The second-order valence-corrected chi connectivity index (χ2v) is 10.7. The van der Waals surface area contributed by atoms with Gasteiger partial charge in [0.1, 0.15) is 5.75 Å². The predicted molar refractivity (Wildman–Crippen MR) is 137 cm³/mol. The molecule has 0 aliphatic carbocycles. The van der Waals surface area contributed by atoms with Crippen molar-refractivity contribution in [2.75, 3.05) is 38.6 Å². The molecule has 0 bridgehead atoms. The average molecular weight is 494 g/mol. The standard InChI is InChI=1S/C27H31N3O4S/c1-29(2)26(22-9-6-11-23(18-22)34-3)19-28-27(31)21-13-15-24(16-14-21)35(32,33)30-17-7-10-20-8-4-5-12-25(20)30/h4-6,8-9,11-16,18,26H,7,10,17,19H2,1-3H3,(H,28,31)/t26-/m1/s1. The summed E-state index contributed by atoms with van der Waals surface area (Å²) in [6.45, 7) is 0.835. The van der Waals surface area contributed by atoms with Crippen LogP contribution in [0.25, 0.3) is 0 Å². The maximum Gasteiger partial charge on any atom is 0.264 e. The fourth-order valence-electron chi connectivity index (χ4n) is 4.39. The Morgan fingerprint density at radius 3 is 2.51 bits per heavy atom. The van der Waals surface area contributed by atoms with Crippen LogP contribution in [-0.2, 0) is 16.4 Å². The molecular weight excluding hydrogens is 462 g/mol. The SMILES string of the molecule is COc1cccc([C@@H](CNC(=O)c2ccc(S(=O)(=O)N3CCCc4ccccc43)cc2)N(C)C)c1. The predicted octanol–water partition coefficient (Wildman–Crippen LogP) is 3.87. The molecule has 0 radical (unpaired) electrons. The van der Waals surface area contributed by atoms with Crippen molar-refractivity contribution in [3.05, 3.63) is 89.5 Å². The summed E-state index contributed by atoms with van der Waals surface area (Å²) in [7, 11) is 1.82. The van der Waals surface area contributed by atoms with Gasteiger partial charge < -0.3 is 15.0 Å². The summed E-state index contributed by atoms with van der Waals surface area (Å²) in [6.07, 6.45) is 1.64. The molecule has 1 amide bonds. The van der Waals surface area contributed by atoms with Crippen molar-refractivity contribution in [2.45, 2.75) is 23.8 Å². The Morgan fingerprint density at radius 2 is 1.80 bits per heavy atom. The molecule has 8 heteroatoms. The lowest BCUT2D eigenvalue weighted by atomic mass is 10.0. The van der Waals surface area contributed by atoms with Crippen LogP contribution in [0.5, 0.6) is 5.75 Å². The van der Waals surface area contributed by atoms with E-state index >= 15 is 0 Å². The van der Waals surface area contributed by atoms with Crippen LogP contribution in [0.2, 0.25) is 0 Å². The van der Waals surface area contributed by atoms with Gasteiger partial charge >= 0.3 is 0 Å². The lowest BCUT2D eigenvalue weighted by Gasteiger charge is -2.30. The number of aryl methyl sites for hydroxylation is 1. The Labute approximate surface area is 207 Å². The summed E-state index contributed by atoms with van der Waals surface area (Å²) >= 11 is 0. The Balaban J connectivity index is 1.47. The van der Waals surface area contributed by atoms with Gasteiger partial charge in [-0.3, -0.25) is 9.10 Å². The normalized spacial score (nSPS) is 14.3. The third kappa shape index (κ3) is 5.33. The highest BCUT2D eigenvalue weighted by molar-refractivity contribution is 7.92. The van der Waals surface area contributed by atoms with Gasteiger partial charge in [0.15, 0.2) is 0 Å². The number of carbonyl (C=O) groups is 1. The van der Waals surface area contributed by atoms with E-state index in [4.69, 9.17) is 4.74 Å². The molecule has 0 fully saturated rings. The molecular formula is C27H31N3O4S. The minimum absolute atomic E-state index is 0.0483. The molecule has 0 spiro atoms. The Morgan fingerprint density at radius 1 is 1.06 bits per heavy atom. The number of hydrogen-bond donors (Lipinski definition) is 1. The molecule has 3 aromatic rings. The number of hydrogen-bond acceptors (Lipinski definition) is 5. The van der Waals surface area contributed by atoms with Crippen molar-refractivity contribution in [3.63, 3.8) is 0 Å². The van der Waals surface area contributed by atoms with Crippen LogP contribution < -0.4 is 14.4 Å². The first-order valence-corrected chi connectivity index (χ1v) is 13.0. The highest BCUT2D eigenvalue weighted by Crippen LogP contribution is 2.31. The number of anilines is 1. The summed E-state index contributed by atoms with van der Waals surface area (Å²) in [5, 5.41) is 2.97. The van der Waals surface area contributed by atoms with Crippen LogP contribution in [0.4, 0.5) is 5.69 Å². The quantitative estimate of drug-likeness (QED) is 0.515. The van der Waals surface area contributed by atoms with E-state index in [0.717, 1.165) is 35.4 Å². The third-order valence-electron chi connectivity index (χ3n) is 6.33. The van der Waals surface area contributed by atoms with Crippen molar-refractivity contribution >= 4 is 21.6 Å². The lowest BCUT2D eigenvalue weighted by Crippen LogP contribution is -2.35. The van der Waals surface area contributed by atoms with Crippen LogP contribution >= 0.6 is 0 Å². The number of amides is 1. The number of benzene rings is 3. The van der Waals surface area contributed by atoms with Crippen molar-refractivity contribution in [2.24, 2.45) is 0 Å². The maximum absolute atomic E-state index is 13.3. The van der Waals surface area contributed by atoms with Crippen molar-refractivity contribution in [3.8, 4) is 5.75 Å². The van der Waals surface area contributed by atoms with E-state index in [0.29, 0.717) is 18.7 Å². The number of para-hydroxylation sites is 1. The second kappa shape index (κ2) is 10.5. The number of ether oxygens (including phenoxy) is 1. The topological polar surface area (TPSA) is 78.9 Å². The Kier molecular flexibility index (Phi) is 7.42. The van der Waals surface area contributed by atoms with Gasteiger partial charge in [0, 0.05) is 18.7 Å². The zero-order valence-electron chi connectivity index (χ0n) is 20.3. The van der Waals surface area contributed by atoms with E-state index in [1.54, 1.807) is 19.2 Å². The lowest BCUT2D eigenvalue weighted by molar-refractivity contribution is 0.0942. The second-order valence-electron chi connectivity index (χ2n) is 8.80. The zero-order valence-corrected chi connectivity index (χ0v) is 21.1. The minimum Gasteiger partial charge on any atom is -0.497 e. The number of sulfonamides is 1. The van der Waals surface area contributed by atoms with Crippen molar-refractivity contribution < 1.29 is 17.9 Å². The van der Waals surface area contributed by atoms with Gasteiger partial charge in [-0.25, -0.2) is 8.42 Å². The van der Waals surface area contributed by atoms with Crippen LogP contribution in [0, 0.1) is 0 Å². The fraction of sp³-hybridized carbons (Fsp3) is 0.296. The number of likely N-dealkylation sites (N-methyl/N-ethyl adjacent to an activating group) is 1. The van der Waals surface area contributed by atoms with Gasteiger partial charge in [0.25, 0.3) is 15.9 Å². The molecule has 4 rings (SSSR count). The summed E-state index contributed by atoms with van der Waals surface area (Å²) < 4.78 is 33.5. The zero-order chi connectivity index (χ0) is 25.0. The first kappa shape index (κ1) is 24.8. The molecule has 0 aromatic heterocycles. The van der Waals surface area contributed by atoms with Gasteiger partial charge in [0.05, 0.1) is 23.7 Å². The number of nitrogens with one attached hydrogen (secondary N) is 1. The van der Waals surface area contributed by atoms with E-state index in [9.17, 15) is 13.2 Å². The van der Waals surface area contributed by atoms with Crippen LogP contribution in [0.15, 0.2) is 77.7 Å². The highest BCUT2D eigenvalue weighted by Gasteiger charge is 2.29. The molecule has 184 valence electrons. The number of fused-ring (bicyclic) bond motifs is 1. The first-order chi connectivity index (χ1) is 16.8. The molecule has 35 heavy (non-hydrogen) atoms. The van der Waals surface area contributed by atoms with Gasteiger partial charge in [-0.1, -0.05) is 30.3 Å². The van der Waals surface area contributed by atoms with E-state index in [-0.39, 0.29) is 16.8 Å². The molecule has 1 aliphatic rings.